The number of halogens is 1. The van der Waals surface area contributed by atoms with Crippen LogP contribution in [-0.2, 0) is 14.8 Å². The van der Waals surface area contributed by atoms with Crippen LogP contribution in [-0.4, -0.2) is 41.1 Å². The number of hydrogen-bond acceptors (Lipinski definition) is 5. The number of nitrogens with one attached hydrogen (secondary N) is 1. The van der Waals surface area contributed by atoms with Crippen LogP contribution in [0.15, 0.2) is 77.7 Å². The molecule has 1 atom stereocenters. The van der Waals surface area contributed by atoms with Gasteiger partial charge in [0.1, 0.15) is 12.3 Å². The number of nitrogens with zero attached hydrogens (tertiary/aromatic N) is 2. The fourth-order valence-corrected chi connectivity index (χ4v) is 5.97. The molecule has 0 saturated carbocycles. The van der Waals surface area contributed by atoms with E-state index in [9.17, 15) is 13.2 Å². The molecular formula is C28H32ClN3O4S. The normalized spacial score (nSPS) is 14.6. The van der Waals surface area contributed by atoms with Crippen molar-refractivity contribution in [1.29, 1.82) is 0 Å². The van der Waals surface area contributed by atoms with E-state index in [1.165, 1.54) is 44.2 Å². The number of hydrogen-bond donors (Lipinski definition) is 1. The number of rotatable bonds is 9. The highest BCUT2D eigenvalue weighted by atomic mass is 35.5. The van der Waals surface area contributed by atoms with Crippen LogP contribution < -0.4 is 19.3 Å². The average Bonchev–Trinajstić information content (AvgIpc) is 2.93. The second kappa shape index (κ2) is 11.9. The number of benzene rings is 3. The maximum Gasteiger partial charge on any atom is 0.264 e. The summed E-state index contributed by atoms with van der Waals surface area (Å²) < 4.78 is 33.4. The Kier molecular flexibility index (Phi) is 8.61. The van der Waals surface area contributed by atoms with E-state index in [1.807, 2.05) is 19.1 Å². The van der Waals surface area contributed by atoms with Crippen LogP contribution in [0, 0.1) is 0 Å². The molecule has 7 nitrogen and oxygen atoms in total. The van der Waals surface area contributed by atoms with Gasteiger partial charge in [0.2, 0.25) is 5.91 Å². The molecule has 1 fully saturated rings. The van der Waals surface area contributed by atoms with Crippen molar-refractivity contribution < 1.29 is 17.9 Å². The minimum Gasteiger partial charge on any atom is -0.497 e. The molecule has 1 unspecified atom stereocenters. The molecule has 1 amide bonds. The molecule has 1 N–H and O–H groups in total. The molecule has 37 heavy (non-hydrogen) atoms. The molecule has 9 heteroatoms. The monoisotopic (exact) mass is 541 g/mol. The molecule has 1 saturated heterocycles. The number of sulfonamides is 1. The number of ether oxygens (including phenoxy) is 1. The molecule has 4 rings (SSSR count). The summed E-state index contributed by atoms with van der Waals surface area (Å²) in [6, 6.07) is 20.3. The average molecular weight is 542 g/mol. The van der Waals surface area contributed by atoms with Crippen LogP contribution in [0.4, 0.5) is 11.4 Å². The van der Waals surface area contributed by atoms with Crippen LogP contribution in [0.25, 0.3) is 0 Å². The number of methoxy groups -OCH3 is 1. The van der Waals surface area contributed by atoms with Crippen molar-refractivity contribution in [2.45, 2.75) is 37.1 Å². The SMILES string of the molecule is COc1ccc(S(=O)(=O)N(CC(=O)NC(C)c2ccc(N3CCCCC3)cc2)c2ccc(Cl)cc2)cc1. The lowest BCUT2D eigenvalue weighted by Gasteiger charge is -2.29. The molecule has 0 aliphatic carbocycles. The Bertz CT molecular complexity index is 1290. The van der Waals surface area contributed by atoms with Crippen LogP contribution in [0.3, 0.4) is 0 Å². The van der Waals surface area contributed by atoms with Crippen LogP contribution in [0.5, 0.6) is 5.75 Å². The summed E-state index contributed by atoms with van der Waals surface area (Å²) in [4.78, 5) is 15.5. The van der Waals surface area contributed by atoms with Crippen molar-refractivity contribution in [3.8, 4) is 5.75 Å². The topological polar surface area (TPSA) is 79.0 Å². The first-order valence-corrected chi connectivity index (χ1v) is 14.2. The maximum absolute atomic E-state index is 13.6. The third-order valence-corrected chi connectivity index (χ3v) is 8.58. The van der Waals surface area contributed by atoms with Gasteiger partial charge in [0, 0.05) is 23.8 Å². The van der Waals surface area contributed by atoms with Crippen molar-refractivity contribution in [1.82, 2.24) is 5.32 Å². The molecule has 0 bridgehead atoms. The van der Waals surface area contributed by atoms with Gasteiger partial charge < -0.3 is 15.0 Å². The van der Waals surface area contributed by atoms with E-state index in [1.54, 1.807) is 36.4 Å². The Balaban J connectivity index is 1.50. The predicted molar refractivity (Wildman–Crippen MR) is 148 cm³/mol. The van der Waals surface area contributed by atoms with Crippen molar-refractivity contribution in [2.24, 2.45) is 0 Å². The minimum atomic E-state index is -4.04. The highest BCUT2D eigenvalue weighted by Gasteiger charge is 2.28. The van der Waals surface area contributed by atoms with E-state index in [0.29, 0.717) is 16.5 Å². The Hall–Kier alpha value is -3.23. The van der Waals surface area contributed by atoms with Gasteiger partial charge >= 0.3 is 0 Å². The van der Waals surface area contributed by atoms with Crippen molar-refractivity contribution in [3.05, 3.63) is 83.4 Å². The number of amides is 1. The van der Waals surface area contributed by atoms with Gasteiger partial charge in [-0.1, -0.05) is 23.7 Å². The zero-order valence-electron chi connectivity index (χ0n) is 21.1. The molecular weight excluding hydrogens is 510 g/mol. The molecule has 0 spiro atoms. The first kappa shape index (κ1) is 26.8. The van der Waals surface area contributed by atoms with Crippen molar-refractivity contribution in [2.75, 3.05) is 35.9 Å². The second-order valence-corrected chi connectivity index (χ2v) is 11.4. The number of anilines is 2. The molecule has 1 aliphatic heterocycles. The second-order valence-electron chi connectivity index (χ2n) is 9.09. The summed E-state index contributed by atoms with van der Waals surface area (Å²) in [6.07, 6.45) is 3.69. The predicted octanol–water partition coefficient (Wildman–Crippen LogP) is 5.41. The van der Waals surface area contributed by atoms with Crippen LogP contribution in [0.2, 0.25) is 5.02 Å². The Morgan fingerprint density at radius 3 is 2.19 bits per heavy atom. The quantitative estimate of drug-likeness (QED) is 0.392. The summed E-state index contributed by atoms with van der Waals surface area (Å²) in [5.74, 6) is 0.120. The Labute approximate surface area is 224 Å². The largest absolute Gasteiger partial charge is 0.497 e. The van der Waals surface area contributed by atoms with Gasteiger partial charge in [-0.3, -0.25) is 9.10 Å². The van der Waals surface area contributed by atoms with Gasteiger partial charge in [0.15, 0.2) is 0 Å². The first-order chi connectivity index (χ1) is 17.8. The first-order valence-electron chi connectivity index (χ1n) is 12.3. The molecule has 0 radical (unpaired) electrons. The molecule has 3 aromatic carbocycles. The van der Waals surface area contributed by atoms with E-state index < -0.39 is 15.9 Å². The summed E-state index contributed by atoms with van der Waals surface area (Å²) in [6.45, 7) is 3.63. The highest BCUT2D eigenvalue weighted by molar-refractivity contribution is 7.92. The van der Waals surface area contributed by atoms with Gasteiger partial charge in [-0.05, 0) is 92.4 Å². The minimum absolute atomic E-state index is 0.0531. The summed E-state index contributed by atoms with van der Waals surface area (Å²) in [7, 11) is -2.53. The van der Waals surface area contributed by atoms with Gasteiger partial charge in [-0.15, -0.1) is 0 Å². The van der Waals surface area contributed by atoms with E-state index in [0.717, 1.165) is 23.0 Å². The smallest absolute Gasteiger partial charge is 0.264 e. The number of piperidine rings is 1. The molecule has 1 aliphatic rings. The Morgan fingerprint density at radius 1 is 0.973 bits per heavy atom. The Morgan fingerprint density at radius 2 is 1.59 bits per heavy atom. The lowest BCUT2D eigenvalue weighted by Crippen LogP contribution is -2.41. The highest BCUT2D eigenvalue weighted by Crippen LogP contribution is 2.27. The third-order valence-electron chi connectivity index (χ3n) is 6.54. The van der Waals surface area contributed by atoms with Crippen LogP contribution in [0.1, 0.15) is 37.8 Å². The standard InChI is InChI=1S/C28H32ClN3O4S/c1-21(22-6-10-24(11-7-22)31-18-4-3-5-19-31)30-28(33)20-32(25-12-8-23(29)9-13-25)37(34,35)27-16-14-26(36-2)15-17-27/h6-17,21H,3-5,18-20H2,1-2H3,(H,30,33). The van der Waals surface area contributed by atoms with E-state index in [4.69, 9.17) is 16.3 Å². The van der Waals surface area contributed by atoms with Gasteiger partial charge in [-0.25, -0.2) is 8.42 Å². The van der Waals surface area contributed by atoms with Crippen molar-refractivity contribution in [3.63, 3.8) is 0 Å². The zero-order valence-corrected chi connectivity index (χ0v) is 22.6. The summed E-state index contributed by atoms with van der Waals surface area (Å²) in [5.41, 5.74) is 2.47. The van der Waals surface area contributed by atoms with Crippen LogP contribution >= 0.6 is 11.6 Å². The number of carbonyl (C=O) groups excluding carboxylic acids is 1. The zero-order chi connectivity index (χ0) is 26.4. The molecule has 1 heterocycles. The third kappa shape index (κ3) is 6.56. The molecule has 3 aromatic rings. The van der Waals surface area contributed by atoms with Gasteiger partial charge in [0.05, 0.1) is 23.7 Å². The summed E-state index contributed by atoms with van der Waals surface area (Å²) in [5, 5.41) is 3.41. The van der Waals surface area contributed by atoms with E-state index in [-0.39, 0.29) is 17.5 Å². The summed E-state index contributed by atoms with van der Waals surface area (Å²) >= 11 is 6.02. The molecule has 0 aromatic heterocycles. The fourth-order valence-electron chi connectivity index (χ4n) is 4.42. The van der Waals surface area contributed by atoms with E-state index in [2.05, 4.69) is 22.3 Å². The van der Waals surface area contributed by atoms with E-state index >= 15 is 0 Å². The van der Waals surface area contributed by atoms with Crippen molar-refractivity contribution >= 4 is 38.9 Å². The fraction of sp³-hybridized carbons (Fsp3) is 0.321. The number of carbonyl (C=O) groups is 1. The van der Waals surface area contributed by atoms with Gasteiger partial charge in [-0.2, -0.15) is 0 Å². The van der Waals surface area contributed by atoms with Gasteiger partial charge in [0.25, 0.3) is 10.0 Å². The maximum atomic E-state index is 13.6. The lowest BCUT2D eigenvalue weighted by molar-refractivity contribution is -0.120. The lowest BCUT2D eigenvalue weighted by atomic mass is 10.1. The molecule has 196 valence electrons.